The first-order chi connectivity index (χ1) is 14.4. The molecular weight excluding hydrogens is 396 g/mol. The van der Waals surface area contributed by atoms with E-state index in [9.17, 15) is 4.79 Å². The molecule has 7 nitrogen and oxygen atoms in total. The molecule has 3 aromatic rings. The lowest BCUT2D eigenvalue weighted by atomic mass is 10.1. The molecular formula is C22H30N6OS. The van der Waals surface area contributed by atoms with Crippen LogP contribution in [0.15, 0.2) is 29.6 Å². The Morgan fingerprint density at radius 1 is 1.20 bits per heavy atom. The fraction of sp³-hybridized carbons (Fsp3) is 0.455. The molecule has 160 valence electrons. The van der Waals surface area contributed by atoms with Crippen LogP contribution >= 0.6 is 11.8 Å². The molecule has 0 saturated heterocycles. The number of aryl methyl sites for hydroxylation is 2. The number of rotatable bonds is 9. The van der Waals surface area contributed by atoms with Crippen LogP contribution in [-0.2, 0) is 6.54 Å². The van der Waals surface area contributed by atoms with E-state index in [1.165, 1.54) is 5.56 Å². The van der Waals surface area contributed by atoms with Gasteiger partial charge >= 0.3 is 0 Å². The summed E-state index contributed by atoms with van der Waals surface area (Å²) < 4.78 is 1.83. The Morgan fingerprint density at radius 2 is 2.00 bits per heavy atom. The van der Waals surface area contributed by atoms with Gasteiger partial charge in [0.05, 0.1) is 18.1 Å². The van der Waals surface area contributed by atoms with E-state index in [0.717, 1.165) is 39.9 Å². The second kappa shape index (κ2) is 9.93. The van der Waals surface area contributed by atoms with Crippen LogP contribution in [0.5, 0.6) is 0 Å². The Hall–Kier alpha value is -2.61. The number of benzene rings is 1. The predicted molar refractivity (Wildman–Crippen MR) is 123 cm³/mol. The summed E-state index contributed by atoms with van der Waals surface area (Å²) in [5.41, 5.74) is 3.75. The Morgan fingerprint density at radius 3 is 2.70 bits per heavy atom. The summed E-state index contributed by atoms with van der Waals surface area (Å²) in [6.07, 6.45) is 1.80. The van der Waals surface area contributed by atoms with E-state index in [2.05, 4.69) is 46.5 Å². The maximum atomic E-state index is 12.5. The van der Waals surface area contributed by atoms with Crippen LogP contribution in [0.2, 0.25) is 0 Å². The largest absolute Gasteiger partial charge is 0.369 e. The fourth-order valence-corrected chi connectivity index (χ4v) is 3.55. The lowest BCUT2D eigenvalue weighted by Crippen LogP contribution is -2.27. The maximum Gasteiger partial charge on any atom is 0.251 e. The Bertz CT molecular complexity index is 1030. The average molecular weight is 427 g/mol. The van der Waals surface area contributed by atoms with E-state index in [1.807, 2.05) is 36.7 Å². The van der Waals surface area contributed by atoms with Gasteiger partial charge in [0.1, 0.15) is 5.82 Å². The van der Waals surface area contributed by atoms with Gasteiger partial charge in [0.25, 0.3) is 5.91 Å². The highest BCUT2D eigenvalue weighted by Crippen LogP contribution is 2.24. The molecule has 0 aliphatic carbocycles. The van der Waals surface area contributed by atoms with Gasteiger partial charge in [-0.15, -0.1) is 0 Å². The molecule has 0 fully saturated rings. The summed E-state index contributed by atoms with van der Waals surface area (Å²) in [6, 6.07) is 5.75. The highest BCUT2D eigenvalue weighted by atomic mass is 32.2. The van der Waals surface area contributed by atoms with Crippen molar-refractivity contribution in [2.45, 2.75) is 46.3 Å². The maximum absolute atomic E-state index is 12.5. The zero-order valence-corrected chi connectivity index (χ0v) is 19.1. The van der Waals surface area contributed by atoms with Crippen molar-refractivity contribution in [3.63, 3.8) is 0 Å². The van der Waals surface area contributed by atoms with Gasteiger partial charge in [-0.2, -0.15) is 5.10 Å². The van der Waals surface area contributed by atoms with Crippen molar-refractivity contribution in [2.75, 3.05) is 24.2 Å². The van der Waals surface area contributed by atoms with Crippen LogP contribution < -0.4 is 10.6 Å². The van der Waals surface area contributed by atoms with E-state index in [0.29, 0.717) is 24.6 Å². The smallest absolute Gasteiger partial charge is 0.251 e. The van der Waals surface area contributed by atoms with E-state index < -0.39 is 0 Å². The number of carbonyl (C=O) groups excluding carboxylic acids is 1. The van der Waals surface area contributed by atoms with Crippen molar-refractivity contribution >= 4 is 34.5 Å². The minimum atomic E-state index is -0.0781. The minimum Gasteiger partial charge on any atom is -0.369 e. The van der Waals surface area contributed by atoms with Crippen LogP contribution in [0.4, 0.5) is 5.82 Å². The van der Waals surface area contributed by atoms with Crippen molar-refractivity contribution in [1.29, 1.82) is 0 Å². The summed E-state index contributed by atoms with van der Waals surface area (Å²) in [7, 11) is 0. The highest BCUT2D eigenvalue weighted by molar-refractivity contribution is 7.99. The average Bonchev–Trinajstić information content (AvgIpc) is 3.11. The van der Waals surface area contributed by atoms with Crippen molar-refractivity contribution in [2.24, 2.45) is 5.92 Å². The number of thioether (sulfide) groups is 1. The Balaban J connectivity index is 1.73. The van der Waals surface area contributed by atoms with Gasteiger partial charge in [-0.1, -0.05) is 38.6 Å². The molecule has 0 atom stereocenters. The van der Waals surface area contributed by atoms with Crippen molar-refractivity contribution in [3.8, 4) is 0 Å². The van der Waals surface area contributed by atoms with Crippen LogP contribution in [0.25, 0.3) is 11.0 Å². The van der Waals surface area contributed by atoms with Gasteiger partial charge in [-0.05, 0) is 48.8 Å². The number of hydrogen-bond acceptors (Lipinski definition) is 6. The molecule has 3 rings (SSSR count). The molecule has 0 aliphatic rings. The Labute approximate surface area is 182 Å². The quantitative estimate of drug-likeness (QED) is 0.397. The standard InChI is InChI=1S/C22H30N6OS/c1-6-30-22-26-19(24-12-14(2)3)18-13-25-28(20(18)27-22)10-9-23-21(29)17-8-7-15(4)16(5)11-17/h7-8,11,13-14H,6,9-10,12H2,1-5H3,(H,23,29)(H,24,26,27). The summed E-state index contributed by atoms with van der Waals surface area (Å²) in [4.78, 5) is 21.8. The topological polar surface area (TPSA) is 84.7 Å². The van der Waals surface area contributed by atoms with Crippen LogP contribution in [0, 0.1) is 19.8 Å². The normalized spacial score (nSPS) is 11.3. The number of nitrogens with one attached hydrogen (secondary N) is 2. The number of fused-ring (bicyclic) bond motifs is 1. The molecule has 0 radical (unpaired) electrons. The first-order valence-electron chi connectivity index (χ1n) is 10.3. The summed E-state index contributed by atoms with van der Waals surface area (Å²) in [5.74, 6) is 2.14. The van der Waals surface area contributed by atoms with Gasteiger partial charge in [-0.3, -0.25) is 4.79 Å². The van der Waals surface area contributed by atoms with Gasteiger partial charge in [0.2, 0.25) is 0 Å². The molecule has 0 saturated carbocycles. The molecule has 0 spiro atoms. The second-order valence-electron chi connectivity index (χ2n) is 7.72. The molecule has 1 amide bonds. The van der Waals surface area contributed by atoms with E-state index >= 15 is 0 Å². The van der Waals surface area contributed by atoms with Gasteiger partial charge < -0.3 is 10.6 Å². The summed E-state index contributed by atoms with van der Waals surface area (Å²) >= 11 is 1.61. The number of amides is 1. The molecule has 0 unspecified atom stereocenters. The SMILES string of the molecule is CCSc1nc(NCC(C)C)c2cnn(CCNC(=O)c3ccc(C)c(C)c3)c2n1. The monoisotopic (exact) mass is 426 g/mol. The molecule has 0 bridgehead atoms. The lowest BCUT2D eigenvalue weighted by Gasteiger charge is -2.11. The van der Waals surface area contributed by atoms with Gasteiger partial charge in [0.15, 0.2) is 10.8 Å². The molecule has 2 aromatic heterocycles. The zero-order valence-electron chi connectivity index (χ0n) is 18.3. The number of hydrogen-bond donors (Lipinski definition) is 2. The molecule has 8 heteroatoms. The van der Waals surface area contributed by atoms with Gasteiger partial charge in [-0.25, -0.2) is 14.6 Å². The summed E-state index contributed by atoms with van der Waals surface area (Å²) in [6.45, 7) is 12.3. The van der Waals surface area contributed by atoms with Crippen LogP contribution in [0.1, 0.15) is 42.3 Å². The second-order valence-corrected chi connectivity index (χ2v) is 8.95. The minimum absolute atomic E-state index is 0.0781. The number of nitrogens with zero attached hydrogens (tertiary/aromatic N) is 4. The first kappa shape index (κ1) is 22.1. The molecule has 0 aliphatic heterocycles. The molecule has 1 aromatic carbocycles. The van der Waals surface area contributed by atoms with Crippen LogP contribution in [0.3, 0.4) is 0 Å². The van der Waals surface area contributed by atoms with E-state index in [1.54, 1.807) is 18.0 Å². The van der Waals surface area contributed by atoms with E-state index in [-0.39, 0.29) is 5.91 Å². The third-order valence-electron chi connectivity index (χ3n) is 4.81. The van der Waals surface area contributed by atoms with Gasteiger partial charge in [0, 0.05) is 18.7 Å². The first-order valence-corrected chi connectivity index (χ1v) is 11.3. The number of anilines is 1. The Kier molecular flexibility index (Phi) is 7.31. The fourth-order valence-electron chi connectivity index (χ4n) is 2.99. The van der Waals surface area contributed by atoms with Crippen molar-refractivity contribution < 1.29 is 4.79 Å². The van der Waals surface area contributed by atoms with Crippen molar-refractivity contribution in [3.05, 3.63) is 41.1 Å². The number of carbonyl (C=O) groups is 1. The molecule has 2 N–H and O–H groups in total. The van der Waals surface area contributed by atoms with Crippen LogP contribution in [-0.4, -0.2) is 44.5 Å². The highest BCUT2D eigenvalue weighted by Gasteiger charge is 2.14. The third kappa shape index (κ3) is 5.30. The predicted octanol–water partition coefficient (Wildman–Crippen LogP) is 4.05. The molecule has 30 heavy (non-hydrogen) atoms. The molecule has 2 heterocycles. The third-order valence-corrected chi connectivity index (χ3v) is 5.53. The summed E-state index contributed by atoms with van der Waals surface area (Å²) in [5, 5.41) is 12.5. The van der Waals surface area contributed by atoms with Crippen molar-refractivity contribution in [1.82, 2.24) is 25.1 Å². The lowest BCUT2D eigenvalue weighted by molar-refractivity contribution is 0.0952. The number of aromatic nitrogens is 4. The van der Waals surface area contributed by atoms with E-state index in [4.69, 9.17) is 0 Å². The zero-order chi connectivity index (χ0) is 21.7.